The van der Waals surface area contributed by atoms with Crippen LogP contribution in [0, 0.1) is 5.82 Å². The van der Waals surface area contributed by atoms with E-state index >= 15 is 0 Å². The van der Waals surface area contributed by atoms with Gasteiger partial charge in [0.25, 0.3) is 0 Å². The third-order valence-corrected chi connectivity index (χ3v) is 3.90. The van der Waals surface area contributed by atoms with Crippen LogP contribution in [0.4, 0.5) is 10.1 Å². The smallest absolute Gasteiger partial charge is 0.138 e. The second-order valence-corrected chi connectivity index (χ2v) is 5.05. The van der Waals surface area contributed by atoms with Crippen molar-refractivity contribution in [2.75, 3.05) is 0 Å². The molecule has 0 aliphatic carbocycles. The predicted octanol–water partition coefficient (Wildman–Crippen LogP) is 4.61. The summed E-state index contributed by atoms with van der Waals surface area (Å²) in [5.74, 6) is -0.302. The topological polar surface area (TPSA) is 12.4 Å². The first-order chi connectivity index (χ1) is 8.24. The van der Waals surface area contributed by atoms with Crippen LogP contribution in [0.25, 0.3) is 0 Å². The maximum absolute atomic E-state index is 13.2. The molecule has 3 rings (SSSR count). The molecule has 4 heteroatoms. The molecular weight excluding hydrogens is 257 g/mol. The zero-order chi connectivity index (χ0) is 11.8. The van der Waals surface area contributed by atoms with Crippen molar-refractivity contribution in [3.8, 4) is 0 Å². The summed E-state index contributed by atoms with van der Waals surface area (Å²) in [5, 5.41) is 0.400. The summed E-state index contributed by atoms with van der Waals surface area (Å²) in [4.78, 5) is 6.21. The van der Waals surface area contributed by atoms with Gasteiger partial charge in [0, 0.05) is 21.4 Å². The lowest BCUT2D eigenvalue weighted by molar-refractivity contribution is 0.627. The monoisotopic (exact) mass is 263 g/mol. The van der Waals surface area contributed by atoms with Crippen LogP contribution in [-0.2, 0) is 0 Å². The van der Waals surface area contributed by atoms with E-state index in [9.17, 15) is 4.39 Å². The van der Waals surface area contributed by atoms with Gasteiger partial charge in [0.05, 0.1) is 5.69 Å². The van der Waals surface area contributed by atoms with Gasteiger partial charge in [-0.3, -0.25) is 0 Å². The molecule has 0 spiro atoms. The lowest BCUT2D eigenvalue weighted by Gasteiger charge is -2.03. The highest BCUT2D eigenvalue weighted by Gasteiger charge is 2.15. The zero-order valence-corrected chi connectivity index (χ0v) is 10.2. The Labute approximate surface area is 107 Å². The van der Waals surface area contributed by atoms with Gasteiger partial charge in [-0.05, 0) is 18.2 Å². The highest BCUT2D eigenvalue weighted by molar-refractivity contribution is 7.99. The molecule has 0 aromatic heterocycles. The summed E-state index contributed by atoms with van der Waals surface area (Å²) in [5.41, 5.74) is 1.46. The summed E-state index contributed by atoms with van der Waals surface area (Å²) >= 11 is 7.70. The van der Waals surface area contributed by atoms with Crippen LogP contribution in [0.2, 0.25) is 0 Å². The number of hydrogen-bond acceptors (Lipinski definition) is 2. The van der Waals surface area contributed by atoms with E-state index in [2.05, 4.69) is 4.99 Å². The van der Waals surface area contributed by atoms with Gasteiger partial charge in [-0.15, -0.1) is 0 Å². The van der Waals surface area contributed by atoms with Gasteiger partial charge in [-0.25, -0.2) is 9.38 Å². The molecule has 1 aliphatic heterocycles. The number of fused-ring (bicyclic) bond motifs is 2. The fraction of sp³-hybridized carbons (Fsp3) is 0. The highest BCUT2D eigenvalue weighted by atomic mass is 35.5. The third-order valence-electron chi connectivity index (χ3n) is 2.47. The van der Waals surface area contributed by atoms with Crippen LogP contribution >= 0.6 is 23.4 Å². The quantitative estimate of drug-likeness (QED) is 0.676. The van der Waals surface area contributed by atoms with Gasteiger partial charge >= 0.3 is 0 Å². The SMILES string of the molecule is Fc1ccc2c(c1)N=C(Cl)c1ccccc1S2. The maximum atomic E-state index is 13.2. The largest absolute Gasteiger partial charge is 0.235 e. The van der Waals surface area contributed by atoms with Crippen LogP contribution in [0.1, 0.15) is 5.56 Å². The first-order valence-corrected chi connectivity index (χ1v) is 6.24. The van der Waals surface area contributed by atoms with E-state index in [1.165, 1.54) is 12.1 Å². The van der Waals surface area contributed by atoms with Crippen molar-refractivity contribution in [2.24, 2.45) is 4.99 Å². The maximum Gasteiger partial charge on any atom is 0.138 e. The molecular formula is C13H7ClFNS. The Morgan fingerprint density at radius 2 is 1.88 bits per heavy atom. The van der Waals surface area contributed by atoms with Crippen LogP contribution < -0.4 is 0 Å². The molecule has 0 saturated heterocycles. The van der Waals surface area contributed by atoms with Crippen LogP contribution in [0.15, 0.2) is 57.2 Å². The van der Waals surface area contributed by atoms with Gasteiger partial charge in [0.1, 0.15) is 11.0 Å². The van der Waals surface area contributed by atoms with Crippen LogP contribution in [0.5, 0.6) is 0 Å². The van der Waals surface area contributed by atoms with Crippen molar-refractivity contribution in [1.29, 1.82) is 0 Å². The minimum atomic E-state index is -0.302. The van der Waals surface area contributed by atoms with Gasteiger partial charge in [-0.1, -0.05) is 41.6 Å². The summed E-state index contributed by atoms with van der Waals surface area (Å²) in [6, 6.07) is 12.3. The first-order valence-electron chi connectivity index (χ1n) is 5.05. The van der Waals surface area contributed by atoms with Gasteiger partial charge < -0.3 is 0 Å². The predicted molar refractivity (Wildman–Crippen MR) is 69.0 cm³/mol. The zero-order valence-electron chi connectivity index (χ0n) is 8.65. The average molecular weight is 264 g/mol. The lowest BCUT2D eigenvalue weighted by atomic mass is 10.2. The number of benzene rings is 2. The fourth-order valence-electron chi connectivity index (χ4n) is 1.67. The average Bonchev–Trinajstić information content (AvgIpc) is 2.46. The Morgan fingerprint density at radius 1 is 1.06 bits per heavy atom. The molecule has 17 heavy (non-hydrogen) atoms. The molecule has 0 bridgehead atoms. The Balaban J connectivity index is 2.24. The number of halogens is 2. The Morgan fingerprint density at radius 3 is 2.76 bits per heavy atom. The minimum absolute atomic E-state index is 0.302. The minimum Gasteiger partial charge on any atom is -0.235 e. The molecule has 0 atom stereocenters. The summed E-state index contributed by atoms with van der Waals surface area (Å²) in [6.45, 7) is 0. The second kappa shape index (κ2) is 4.17. The van der Waals surface area contributed by atoms with E-state index in [4.69, 9.17) is 11.6 Å². The first kappa shape index (κ1) is 10.8. The normalized spacial score (nSPS) is 13.4. The summed E-state index contributed by atoms with van der Waals surface area (Å²) < 4.78 is 13.2. The molecule has 0 radical (unpaired) electrons. The van der Waals surface area contributed by atoms with Crippen molar-refractivity contribution in [2.45, 2.75) is 9.79 Å². The molecule has 1 aliphatic rings. The number of hydrogen-bond donors (Lipinski definition) is 0. The number of rotatable bonds is 0. The van der Waals surface area contributed by atoms with E-state index in [-0.39, 0.29) is 5.82 Å². The molecule has 0 unspecified atom stereocenters. The number of nitrogens with zero attached hydrogens (tertiary/aromatic N) is 1. The van der Waals surface area contributed by atoms with Crippen LogP contribution in [-0.4, -0.2) is 5.17 Å². The van der Waals surface area contributed by atoms with Crippen molar-refractivity contribution in [3.63, 3.8) is 0 Å². The fourth-order valence-corrected chi connectivity index (χ4v) is 2.99. The van der Waals surface area contributed by atoms with Crippen molar-refractivity contribution in [1.82, 2.24) is 0 Å². The summed E-state index contributed by atoms with van der Waals surface area (Å²) in [7, 11) is 0. The van der Waals surface area contributed by atoms with Crippen molar-refractivity contribution in [3.05, 3.63) is 53.8 Å². The molecule has 0 N–H and O–H groups in total. The standard InChI is InChI=1S/C13H7ClFNS/c14-13-9-3-1-2-4-11(9)17-12-6-5-8(15)7-10(12)16-13/h1-7H. The molecule has 0 fully saturated rings. The lowest BCUT2D eigenvalue weighted by Crippen LogP contribution is -1.90. The van der Waals surface area contributed by atoms with E-state index < -0.39 is 0 Å². The Hall–Kier alpha value is -1.32. The molecule has 0 amide bonds. The van der Waals surface area contributed by atoms with E-state index in [1.807, 2.05) is 24.3 Å². The van der Waals surface area contributed by atoms with E-state index in [1.54, 1.807) is 17.8 Å². The Bertz CT molecular complexity index is 625. The highest BCUT2D eigenvalue weighted by Crippen LogP contribution is 2.40. The van der Waals surface area contributed by atoms with E-state index in [0.717, 1.165) is 15.4 Å². The van der Waals surface area contributed by atoms with E-state index in [0.29, 0.717) is 10.9 Å². The molecule has 1 heterocycles. The summed E-state index contributed by atoms with van der Waals surface area (Å²) in [6.07, 6.45) is 0. The third kappa shape index (κ3) is 1.96. The van der Waals surface area contributed by atoms with Crippen molar-refractivity contribution >= 4 is 34.2 Å². The molecule has 2 aromatic rings. The van der Waals surface area contributed by atoms with Crippen molar-refractivity contribution < 1.29 is 4.39 Å². The molecule has 2 aromatic carbocycles. The van der Waals surface area contributed by atoms with Gasteiger partial charge in [0.15, 0.2) is 0 Å². The molecule has 84 valence electrons. The molecule has 0 saturated carbocycles. The van der Waals surface area contributed by atoms with Gasteiger partial charge in [-0.2, -0.15) is 0 Å². The van der Waals surface area contributed by atoms with Crippen LogP contribution in [0.3, 0.4) is 0 Å². The Kier molecular flexibility index (Phi) is 2.65. The second-order valence-electron chi connectivity index (χ2n) is 3.61. The molecule has 1 nitrogen and oxygen atoms in total. The number of aliphatic imine (C=N–C) groups is 1. The van der Waals surface area contributed by atoms with Gasteiger partial charge in [0.2, 0.25) is 0 Å².